The van der Waals surface area contributed by atoms with Gasteiger partial charge in [-0.1, -0.05) is 12.1 Å². The molecule has 19 heavy (non-hydrogen) atoms. The van der Waals surface area contributed by atoms with Crippen LogP contribution in [0.3, 0.4) is 0 Å². The van der Waals surface area contributed by atoms with Crippen LogP contribution in [-0.2, 0) is 4.79 Å². The first-order valence-corrected chi connectivity index (χ1v) is 6.47. The van der Waals surface area contributed by atoms with Crippen LogP contribution in [0.2, 0.25) is 0 Å². The summed E-state index contributed by atoms with van der Waals surface area (Å²) in [5.74, 6) is -0.915. The molecular weight excluding hydrogens is 242 g/mol. The van der Waals surface area contributed by atoms with E-state index >= 15 is 0 Å². The number of amides is 1. The maximum absolute atomic E-state index is 11.9. The maximum Gasteiger partial charge on any atom is 0.335 e. The second-order valence-electron chi connectivity index (χ2n) is 4.65. The van der Waals surface area contributed by atoms with Crippen LogP contribution in [0, 0.1) is 0 Å². The number of rotatable bonds is 3. The molecule has 2 rings (SSSR count). The van der Waals surface area contributed by atoms with Gasteiger partial charge in [-0.05, 0) is 43.0 Å². The lowest BCUT2D eigenvalue weighted by molar-refractivity contribution is -0.126. The Morgan fingerprint density at radius 1 is 1.05 bits per heavy atom. The van der Waals surface area contributed by atoms with E-state index in [2.05, 4.69) is 0 Å². The monoisotopic (exact) mass is 259 g/mol. The van der Waals surface area contributed by atoms with Crippen molar-refractivity contribution in [3.8, 4) is 0 Å². The number of piperidine rings is 1. The highest BCUT2D eigenvalue weighted by molar-refractivity contribution is 5.92. The lowest BCUT2D eigenvalue weighted by Crippen LogP contribution is -2.34. The zero-order valence-corrected chi connectivity index (χ0v) is 10.7. The van der Waals surface area contributed by atoms with Crippen LogP contribution >= 0.6 is 0 Å². The molecule has 1 heterocycles. The topological polar surface area (TPSA) is 57.6 Å². The zero-order valence-electron chi connectivity index (χ0n) is 10.7. The summed E-state index contributed by atoms with van der Waals surface area (Å²) in [6.45, 7) is 1.67. The van der Waals surface area contributed by atoms with Crippen LogP contribution in [0.5, 0.6) is 0 Å². The Kier molecular flexibility index (Phi) is 4.34. The quantitative estimate of drug-likeness (QED) is 0.848. The van der Waals surface area contributed by atoms with Crippen molar-refractivity contribution in [1.29, 1.82) is 0 Å². The Morgan fingerprint density at radius 2 is 1.68 bits per heavy atom. The highest BCUT2D eigenvalue weighted by atomic mass is 16.4. The van der Waals surface area contributed by atoms with Gasteiger partial charge >= 0.3 is 5.97 Å². The van der Waals surface area contributed by atoms with E-state index in [1.807, 2.05) is 4.90 Å². The molecule has 0 aromatic heterocycles. The lowest BCUT2D eigenvalue weighted by atomic mass is 10.1. The van der Waals surface area contributed by atoms with Crippen LogP contribution in [0.25, 0.3) is 6.08 Å². The Morgan fingerprint density at radius 3 is 2.26 bits per heavy atom. The summed E-state index contributed by atoms with van der Waals surface area (Å²) in [4.78, 5) is 24.5. The van der Waals surface area contributed by atoms with Gasteiger partial charge in [-0.15, -0.1) is 0 Å². The summed E-state index contributed by atoms with van der Waals surface area (Å²) in [7, 11) is 0. The highest BCUT2D eigenvalue weighted by Crippen LogP contribution is 2.10. The second kappa shape index (κ2) is 6.18. The molecule has 1 aromatic rings. The summed E-state index contributed by atoms with van der Waals surface area (Å²) in [6, 6.07) is 6.47. The molecule has 0 saturated carbocycles. The summed E-state index contributed by atoms with van der Waals surface area (Å²) in [6.07, 6.45) is 6.63. The molecule has 0 radical (unpaired) electrons. The summed E-state index contributed by atoms with van der Waals surface area (Å²) < 4.78 is 0. The molecule has 1 N–H and O–H groups in total. The van der Waals surface area contributed by atoms with E-state index in [1.54, 1.807) is 24.3 Å². The smallest absolute Gasteiger partial charge is 0.335 e. The van der Waals surface area contributed by atoms with Gasteiger partial charge in [0.25, 0.3) is 0 Å². The maximum atomic E-state index is 11.9. The molecule has 0 unspecified atom stereocenters. The van der Waals surface area contributed by atoms with Crippen LogP contribution in [0.15, 0.2) is 30.3 Å². The predicted molar refractivity (Wildman–Crippen MR) is 72.9 cm³/mol. The number of benzene rings is 1. The number of hydrogen-bond acceptors (Lipinski definition) is 2. The van der Waals surface area contributed by atoms with Crippen molar-refractivity contribution >= 4 is 18.0 Å². The van der Waals surface area contributed by atoms with Crippen LogP contribution < -0.4 is 0 Å². The van der Waals surface area contributed by atoms with Crippen molar-refractivity contribution in [3.05, 3.63) is 41.5 Å². The van der Waals surface area contributed by atoms with Crippen molar-refractivity contribution in [2.75, 3.05) is 13.1 Å². The van der Waals surface area contributed by atoms with Gasteiger partial charge in [0, 0.05) is 19.2 Å². The van der Waals surface area contributed by atoms with E-state index in [4.69, 9.17) is 5.11 Å². The molecule has 1 aromatic carbocycles. The van der Waals surface area contributed by atoms with E-state index in [0.717, 1.165) is 31.5 Å². The third-order valence-electron chi connectivity index (χ3n) is 3.24. The Bertz CT molecular complexity index is 485. The van der Waals surface area contributed by atoms with Crippen molar-refractivity contribution in [1.82, 2.24) is 4.90 Å². The Hall–Kier alpha value is -2.10. The fourth-order valence-corrected chi connectivity index (χ4v) is 2.12. The number of carbonyl (C=O) groups excluding carboxylic acids is 1. The molecule has 1 saturated heterocycles. The summed E-state index contributed by atoms with van der Waals surface area (Å²) in [5, 5.41) is 8.79. The molecular formula is C15H17NO3. The molecule has 1 aliphatic heterocycles. The Labute approximate surface area is 112 Å². The fourth-order valence-electron chi connectivity index (χ4n) is 2.12. The molecule has 0 atom stereocenters. The van der Waals surface area contributed by atoms with Crippen molar-refractivity contribution in [2.24, 2.45) is 0 Å². The van der Waals surface area contributed by atoms with Crippen molar-refractivity contribution in [3.63, 3.8) is 0 Å². The van der Waals surface area contributed by atoms with Crippen LogP contribution in [0.4, 0.5) is 0 Å². The van der Waals surface area contributed by atoms with E-state index in [-0.39, 0.29) is 11.5 Å². The van der Waals surface area contributed by atoms with Gasteiger partial charge < -0.3 is 10.0 Å². The second-order valence-corrected chi connectivity index (χ2v) is 4.65. The molecule has 0 aliphatic carbocycles. The first-order chi connectivity index (χ1) is 9.16. The van der Waals surface area contributed by atoms with Gasteiger partial charge in [0.2, 0.25) is 5.91 Å². The number of carboxylic acids is 1. The number of likely N-dealkylation sites (tertiary alicyclic amines) is 1. The van der Waals surface area contributed by atoms with Crippen LogP contribution in [0.1, 0.15) is 35.2 Å². The molecule has 100 valence electrons. The average molecular weight is 259 g/mol. The number of carbonyl (C=O) groups is 2. The third kappa shape index (κ3) is 3.68. The molecule has 4 heteroatoms. The minimum Gasteiger partial charge on any atom is -0.478 e. The lowest BCUT2D eigenvalue weighted by Gasteiger charge is -2.25. The molecule has 0 spiro atoms. The zero-order chi connectivity index (χ0) is 13.7. The molecule has 1 fully saturated rings. The van der Waals surface area contributed by atoms with Crippen molar-refractivity contribution in [2.45, 2.75) is 19.3 Å². The summed E-state index contributed by atoms with van der Waals surface area (Å²) in [5.41, 5.74) is 1.08. The van der Waals surface area contributed by atoms with Gasteiger partial charge in [0.15, 0.2) is 0 Å². The number of nitrogens with zero attached hydrogens (tertiary/aromatic N) is 1. The highest BCUT2D eigenvalue weighted by Gasteiger charge is 2.13. The first-order valence-electron chi connectivity index (χ1n) is 6.47. The van der Waals surface area contributed by atoms with E-state index in [1.165, 1.54) is 18.6 Å². The van der Waals surface area contributed by atoms with Gasteiger partial charge in [-0.2, -0.15) is 0 Å². The van der Waals surface area contributed by atoms with Gasteiger partial charge in [-0.3, -0.25) is 4.79 Å². The number of carboxylic acid groups (broad SMARTS) is 1. The molecule has 0 bridgehead atoms. The third-order valence-corrected chi connectivity index (χ3v) is 3.24. The number of hydrogen-bond donors (Lipinski definition) is 1. The van der Waals surface area contributed by atoms with E-state index in [9.17, 15) is 9.59 Å². The van der Waals surface area contributed by atoms with Gasteiger partial charge in [-0.25, -0.2) is 4.79 Å². The standard InChI is InChI=1S/C15H17NO3/c17-14(16-10-2-1-3-11-16)9-6-12-4-7-13(8-5-12)15(18)19/h4-9H,1-3,10-11H2,(H,18,19). The van der Waals surface area contributed by atoms with Gasteiger partial charge in [0.05, 0.1) is 5.56 Å². The molecule has 1 aliphatic rings. The van der Waals surface area contributed by atoms with Crippen molar-refractivity contribution < 1.29 is 14.7 Å². The molecule has 4 nitrogen and oxygen atoms in total. The van der Waals surface area contributed by atoms with Crippen LogP contribution in [-0.4, -0.2) is 35.0 Å². The van der Waals surface area contributed by atoms with E-state index < -0.39 is 5.97 Å². The molecule has 1 amide bonds. The minimum absolute atomic E-state index is 0.0296. The SMILES string of the molecule is O=C(O)c1ccc(C=CC(=O)N2CCCCC2)cc1. The van der Waals surface area contributed by atoms with E-state index in [0.29, 0.717) is 0 Å². The van der Waals surface area contributed by atoms with Gasteiger partial charge in [0.1, 0.15) is 0 Å². The number of aromatic carboxylic acids is 1. The minimum atomic E-state index is -0.945. The largest absolute Gasteiger partial charge is 0.478 e. The summed E-state index contributed by atoms with van der Waals surface area (Å²) >= 11 is 0. The normalized spacial score (nSPS) is 15.7. The fraction of sp³-hybridized carbons (Fsp3) is 0.333. The first kappa shape index (κ1) is 13.3. The Balaban J connectivity index is 1.97. The predicted octanol–water partition coefficient (Wildman–Crippen LogP) is 2.41. The average Bonchev–Trinajstić information content (AvgIpc) is 2.46.